The second kappa shape index (κ2) is 8.30. The summed E-state index contributed by atoms with van der Waals surface area (Å²) in [5.74, 6) is -0.357. The highest BCUT2D eigenvalue weighted by Gasteiger charge is 2.08. The topological polar surface area (TPSA) is 58.2 Å². The number of amides is 2. The van der Waals surface area contributed by atoms with Crippen molar-refractivity contribution in [1.82, 2.24) is 10.6 Å². The number of nitrogens with one attached hydrogen (secondary N) is 2. The number of hydrogen-bond acceptors (Lipinski definition) is 2. The Labute approximate surface area is 153 Å². The lowest BCUT2D eigenvalue weighted by molar-refractivity contribution is -0.125. The molecule has 132 valence electrons. The van der Waals surface area contributed by atoms with Gasteiger partial charge in [0, 0.05) is 6.54 Å². The van der Waals surface area contributed by atoms with E-state index in [4.69, 9.17) is 0 Å². The predicted octanol–water partition coefficient (Wildman–Crippen LogP) is 3.12. The standard InChI is InChI=1S/C22H22N2O2/c1-16-6-4-7-17(12-16)14-23-22(26)15-24-21(25)13-19-10-5-9-18-8-2-3-11-20(18)19/h2-12H,13-15H2,1H3,(H,23,26)(H,24,25). The van der Waals surface area contributed by atoms with E-state index in [-0.39, 0.29) is 24.8 Å². The first-order chi connectivity index (χ1) is 12.6. The lowest BCUT2D eigenvalue weighted by atomic mass is 10.0. The van der Waals surface area contributed by atoms with Gasteiger partial charge < -0.3 is 10.6 Å². The van der Waals surface area contributed by atoms with Gasteiger partial charge >= 0.3 is 0 Å². The van der Waals surface area contributed by atoms with Gasteiger partial charge in [-0.25, -0.2) is 0 Å². The molecule has 3 aromatic carbocycles. The number of carbonyl (C=O) groups is 2. The van der Waals surface area contributed by atoms with E-state index in [9.17, 15) is 9.59 Å². The summed E-state index contributed by atoms with van der Waals surface area (Å²) >= 11 is 0. The van der Waals surface area contributed by atoms with Gasteiger partial charge in [-0.05, 0) is 28.8 Å². The highest BCUT2D eigenvalue weighted by atomic mass is 16.2. The average Bonchev–Trinajstić information content (AvgIpc) is 2.65. The molecule has 0 aliphatic carbocycles. The van der Waals surface area contributed by atoms with Crippen molar-refractivity contribution in [3.63, 3.8) is 0 Å². The molecule has 0 spiro atoms. The van der Waals surface area contributed by atoms with Gasteiger partial charge in [0.2, 0.25) is 11.8 Å². The molecule has 26 heavy (non-hydrogen) atoms. The number of benzene rings is 3. The third-order valence-electron chi connectivity index (χ3n) is 4.25. The average molecular weight is 346 g/mol. The van der Waals surface area contributed by atoms with E-state index >= 15 is 0 Å². The Morgan fingerprint density at radius 2 is 1.62 bits per heavy atom. The van der Waals surface area contributed by atoms with Crippen LogP contribution in [0.15, 0.2) is 66.7 Å². The normalized spacial score (nSPS) is 10.5. The molecule has 0 heterocycles. The number of fused-ring (bicyclic) bond motifs is 1. The molecular weight excluding hydrogens is 324 g/mol. The summed E-state index contributed by atoms with van der Waals surface area (Å²) in [6.07, 6.45) is 0.256. The van der Waals surface area contributed by atoms with Crippen molar-refractivity contribution in [1.29, 1.82) is 0 Å². The third kappa shape index (κ3) is 4.70. The quantitative estimate of drug-likeness (QED) is 0.720. The van der Waals surface area contributed by atoms with Crippen LogP contribution in [-0.4, -0.2) is 18.4 Å². The molecule has 2 amide bonds. The minimum absolute atomic E-state index is 0.0184. The van der Waals surface area contributed by atoms with Crippen LogP contribution in [0.5, 0.6) is 0 Å². The Hall–Kier alpha value is -3.14. The Kier molecular flexibility index (Phi) is 5.64. The van der Waals surface area contributed by atoms with Gasteiger partial charge in [0.25, 0.3) is 0 Å². The van der Waals surface area contributed by atoms with Crippen LogP contribution in [0.25, 0.3) is 10.8 Å². The van der Waals surface area contributed by atoms with Gasteiger partial charge in [-0.2, -0.15) is 0 Å². The summed E-state index contributed by atoms with van der Waals surface area (Å²) in [4.78, 5) is 24.1. The van der Waals surface area contributed by atoms with E-state index in [1.165, 1.54) is 0 Å². The van der Waals surface area contributed by atoms with Crippen LogP contribution in [0.1, 0.15) is 16.7 Å². The fourth-order valence-electron chi connectivity index (χ4n) is 2.95. The zero-order valence-corrected chi connectivity index (χ0v) is 14.8. The molecule has 0 aliphatic rings. The maximum atomic E-state index is 12.2. The van der Waals surface area contributed by atoms with Crippen molar-refractivity contribution in [2.24, 2.45) is 0 Å². The molecule has 2 N–H and O–H groups in total. The van der Waals surface area contributed by atoms with E-state index in [1.54, 1.807) is 0 Å². The number of aryl methyl sites for hydroxylation is 1. The van der Waals surface area contributed by atoms with Gasteiger partial charge in [-0.3, -0.25) is 9.59 Å². The Morgan fingerprint density at radius 3 is 2.46 bits per heavy atom. The van der Waals surface area contributed by atoms with E-state index in [0.717, 1.165) is 27.5 Å². The molecule has 0 aliphatic heterocycles. The smallest absolute Gasteiger partial charge is 0.239 e. The first kappa shape index (κ1) is 17.7. The van der Waals surface area contributed by atoms with Gasteiger partial charge in [-0.1, -0.05) is 72.3 Å². The maximum absolute atomic E-state index is 12.2. The SMILES string of the molecule is Cc1cccc(CNC(=O)CNC(=O)Cc2cccc3ccccc23)c1. The van der Waals surface area contributed by atoms with E-state index in [1.807, 2.05) is 73.7 Å². The predicted molar refractivity (Wildman–Crippen MR) is 104 cm³/mol. The lowest BCUT2D eigenvalue weighted by Gasteiger charge is -2.09. The molecule has 0 fully saturated rings. The molecule has 0 aromatic heterocycles. The van der Waals surface area contributed by atoms with Crippen molar-refractivity contribution in [3.05, 3.63) is 83.4 Å². The second-order valence-electron chi connectivity index (χ2n) is 6.36. The van der Waals surface area contributed by atoms with Crippen molar-refractivity contribution in [3.8, 4) is 0 Å². The van der Waals surface area contributed by atoms with Crippen molar-refractivity contribution in [2.45, 2.75) is 19.9 Å². The summed E-state index contributed by atoms with van der Waals surface area (Å²) in [7, 11) is 0. The van der Waals surface area contributed by atoms with Gasteiger partial charge in [-0.15, -0.1) is 0 Å². The minimum atomic E-state index is -0.197. The fraction of sp³-hybridized carbons (Fsp3) is 0.182. The molecule has 4 heteroatoms. The fourth-order valence-corrected chi connectivity index (χ4v) is 2.95. The molecular formula is C22H22N2O2. The first-order valence-electron chi connectivity index (χ1n) is 8.67. The largest absolute Gasteiger partial charge is 0.350 e. The molecule has 0 unspecified atom stereocenters. The molecule has 0 saturated carbocycles. The molecule has 0 atom stereocenters. The Morgan fingerprint density at radius 1 is 0.846 bits per heavy atom. The minimum Gasteiger partial charge on any atom is -0.350 e. The van der Waals surface area contributed by atoms with Crippen molar-refractivity contribution in [2.75, 3.05) is 6.54 Å². The van der Waals surface area contributed by atoms with Crippen molar-refractivity contribution < 1.29 is 9.59 Å². The zero-order valence-electron chi connectivity index (χ0n) is 14.8. The van der Waals surface area contributed by atoms with E-state index < -0.39 is 0 Å². The molecule has 3 aromatic rings. The van der Waals surface area contributed by atoms with Crippen LogP contribution >= 0.6 is 0 Å². The first-order valence-corrected chi connectivity index (χ1v) is 8.67. The van der Waals surface area contributed by atoms with Gasteiger partial charge in [0.05, 0.1) is 13.0 Å². The molecule has 3 rings (SSSR count). The van der Waals surface area contributed by atoms with Gasteiger partial charge in [0.1, 0.15) is 0 Å². The number of rotatable bonds is 6. The second-order valence-corrected chi connectivity index (χ2v) is 6.36. The van der Waals surface area contributed by atoms with Crippen LogP contribution in [-0.2, 0) is 22.6 Å². The molecule has 4 nitrogen and oxygen atoms in total. The lowest BCUT2D eigenvalue weighted by Crippen LogP contribution is -2.37. The summed E-state index contributed by atoms with van der Waals surface area (Å²) in [6, 6.07) is 21.8. The maximum Gasteiger partial charge on any atom is 0.239 e. The van der Waals surface area contributed by atoms with Crippen LogP contribution in [0, 0.1) is 6.92 Å². The van der Waals surface area contributed by atoms with Crippen LogP contribution in [0.2, 0.25) is 0 Å². The Balaban J connectivity index is 1.50. The highest BCUT2D eigenvalue weighted by Crippen LogP contribution is 2.18. The zero-order chi connectivity index (χ0) is 18.4. The van der Waals surface area contributed by atoms with Crippen molar-refractivity contribution >= 4 is 22.6 Å². The van der Waals surface area contributed by atoms with E-state index in [2.05, 4.69) is 10.6 Å². The number of carbonyl (C=O) groups excluding carboxylic acids is 2. The molecule has 0 saturated heterocycles. The monoisotopic (exact) mass is 346 g/mol. The Bertz CT molecular complexity index is 929. The summed E-state index contributed by atoms with van der Waals surface area (Å²) in [5.41, 5.74) is 3.15. The third-order valence-corrected chi connectivity index (χ3v) is 4.25. The van der Waals surface area contributed by atoms with Gasteiger partial charge in [0.15, 0.2) is 0 Å². The van der Waals surface area contributed by atoms with E-state index in [0.29, 0.717) is 6.54 Å². The van der Waals surface area contributed by atoms with Crippen LogP contribution < -0.4 is 10.6 Å². The molecule has 0 radical (unpaired) electrons. The summed E-state index contributed by atoms with van der Waals surface area (Å²) in [5, 5.41) is 7.68. The van der Waals surface area contributed by atoms with Crippen LogP contribution in [0.3, 0.4) is 0 Å². The molecule has 0 bridgehead atoms. The summed E-state index contributed by atoms with van der Waals surface area (Å²) in [6.45, 7) is 2.45. The summed E-state index contributed by atoms with van der Waals surface area (Å²) < 4.78 is 0. The van der Waals surface area contributed by atoms with Crippen LogP contribution in [0.4, 0.5) is 0 Å². The number of hydrogen-bond donors (Lipinski definition) is 2. The highest BCUT2D eigenvalue weighted by molar-refractivity contribution is 5.91.